The van der Waals surface area contributed by atoms with Crippen LogP contribution in [0.2, 0.25) is 0 Å². The van der Waals surface area contributed by atoms with E-state index in [2.05, 4.69) is 27.2 Å². The van der Waals surface area contributed by atoms with Gasteiger partial charge in [-0.25, -0.2) is 14.6 Å². The second kappa shape index (κ2) is 6.23. The minimum absolute atomic E-state index is 0.0325. The van der Waals surface area contributed by atoms with Gasteiger partial charge in [0.15, 0.2) is 5.82 Å². The van der Waals surface area contributed by atoms with Gasteiger partial charge in [0.05, 0.1) is 6.04 Å². The SMILES string of the molecule is O=C(c1ccnc(-n2cncn2)c1)N1CCCC1c1ccccc1. The number of carbonyl (C=O) groups is 1. The normalized spacial score (nSPS) is 17.2. The van der Waals surface area contributed by atoms with Gasteiger partial charge in [0.25, 0.3) is 5.91 Å². The van der Waals surface area contributed by atoms with Crippen LogP contribution in [0, 0.1) is 0 Å². The standard InChI is InChI=1S/C18H17N5O/c24-18(15-8-9-20-17(11-15)23-13-19-12-21-23)22-10-4-7-16(22)14-5-2-1-3-6-14/h1-3,5-6,8-9,11-13,16H,4,7,10H2. The fourth-order valence-electron chi connectivity index (χ4n) is 3.20. The van der Waals surface area contributed by atoms with E-state index in [9.17, 15) is 4.79 Å². The van der Waals surface area contributed by atoms with E-state index >= 15 is 0 Å². The molecule has 3 aromatic rings. The molecule has 120 valence electrons. The highest BCUT2D eigenvalue weighted by atomic mass is 16.2. The van der Waals surface area contributed by atoms with Gasteiger partial charge in [0.1, 0.15) is 12.7 Å². The molecule has 4 rings (SSSR count). The Kier molecular flexibility index (Phi) is 3.78. The van der Waals surface area contributed by atoms with Crippen molar-refractivity contribution < 1.29 is 4.79 Å². The lowest BCUT2D eigenvalue weighted by molar-refractivity contribution is 0.0735. The summed E-state index contributed by atoms with van der Waals surface area (Å²) in [5.74, 6) is 0.624. The predicted molar refractivity (Wildman–Crippen MR) is 88.6 cm³/mol. The summed E-state index contributed by atoms with van der Waals surface area (Å²) in [7, 11) is 0. The van der Waals surface area contributed by atoms with Crippen LogP contribution in [-0.2, 0) is 0 Å². The van der Waals surface area contributed by atoms with E-state index in [1.54, 1.807) is 29.3 Å². The molecule has 1 aliphatic rings. The van der Waals surface area contributed by atoms with Crippen molar-refractivity contribution in [2.24, 2.45) is 0 Å². The van der Waals surface area contributed by atoms with Crippen molar-refractivity contribution in [3.8, 4) is 5.82 Å². The molecule has 0 radical (unpaired) electrons. The van der Waals surface area contributed by atoms with Crippen molar-refractivity contribution in [2.75, 3.05) is 6.54 Å². The number of likely N-dealkylation sites (tertiary alicyclic amines) is 1. The summed E-state index contributed by atoms with van der Waals surface area (Å²) in [6.07, 6.45) is 6.67. The Hall–Kier alpha value is -3.02. The van der Waals surface area contributed by atoms with Gasteiger partial charge in [0.2, 0.25) is 0 Å². The highest BCUT2D eigenvalue weighted by molar-refractivity contribution is 5.95. The monoisotopic (exact) mass is 319 g/mol. The number of hydrogen-bond donors (Lipinski definition) is 0. The largest absolute Gasteiger partial charge is 0.332 e. The maximum absolute atomic E-state index is 13.0. The molecular formula is C18H17N5O. The number of aromatic nitrogens is 4. The quantitative estimate of drug-likeness (QED) is 0.744. The Bertz CT molecular complexity index is 832. The van der Waals surface area contributed by atoms with Gasteiger partial charge in [-0.3, -0.25) is 4.79 Å². The maximum atomic E-state index is 13.0. The molecule has 1 atom stereocenters. The van der Waals surface area contributed by atoms with Crippen molar-refractivity contribution >= 4 is 5.91 Å². The third-order valence-electron chi connectivity index (χ3n) is 4.34. The number of nitrogens with zero attached hydrogens (tertiary/aromatic N) is 5. The van der Waals surface area contributed by atoms with Crippen molar-refractivity contribution in [3.05, 3.63) is 72.4 Å². The van der Waals surface area contributed by atoms with Crippen LogP contribution in [0.1, 0.15) is 34.8 Å². The second-order valence-electron chi connectivity index (χ2n) is 5.81. The molecule has 3 heterocycles. The van der Waals surface area contributed by atoms with Gasteiger partial charge in [-0.05, 0) is 30.5 Å². The zero-order chi connectivity index (χ0) is 16.4. The zero-order valence-electron chi connectivity index (χ0n) is 13.1. The van der Waals surface area contributed by atoms with Gasteiger partial charge in [0, 0.05) is 18.3 Å². The van der Waals surface area contributed by atoms with E-state index < -0.39 is 0 Å². The zero-order valence-corrected chi connectivity index (χ0v) is 13.1. The predicted octanol–water partition coefficient (Wildman–Crippen LogP) is 2.64. The van der Waals surface area contributed by atoms with Crippen molar-refractivity contribution in [2.45, 2.75) is 18.9 Å². The number of pyridine rings is 1. The number of rotatable bonds is 3. The molecule has 0 spiro atoms. The first kappa shape index (κ1) is 14.6. The number of carbonyl (C=O) groups excluding carboxylic acids is 1. The Morgan fingerprint density at radius 2 is 2.04 bits per heavy atom. The van der Waals surface area contributed by atoms with E-state index in [4.69, 9.17) is 0 Å². The fraction of sp³-hybridized carbons (Fsp3) is 0.222. The van der Waals surface area contributed by atoms with Crippen molar-refractivity contribution in [1.82, 2.24) is 24.6 Å². The average molecular weight is 319 g/mol. The Labute approximate surface area is 139 Å². The summed E-state index contributed by atoms with van der Waals surface area (Å²) in [4.78, 5) is 23.1. The van der Waals surface area contributed by atoms with Crippen LogP contribution in [0.5, 0.6) is 0 Å². The van der Waals surface area contributed by atoms with E-state index in [1.807, 2.05) is 23.1 Å². The summed E-state index contributed by atoms with van der Waals surface area (Å²) in [5, 5.41) is 4.07. The third kappa shape index (κ3) is 2.67. The lowest BCUT2D eigenvalue weighted by atomic mass is 10.0. The molecule has 0 aliphatic carbocycles. The summed E-state index contributed by atoms with van der Waals surface area (Å²) in [6, 6.07) is 13.9. The molecule has 0 bridgehead atoms. The topological polar surface area (TPSA) is 63.9 Å². The van der Waals surface area contributed by atoms with Crippen LogP contribution in [0.25, 0.3) is 5.82 Å². The molecule has 1 amide bonds. The molecule has 6 heteroatoms. The highest BCUT2D eigenvalue weighted by Gasteiger charge is 2.30. The van der Waals surface area contributed by atoms with Crippen LogP contribution >= 0.6 is 0 Å². The van der Waals surface area contributed by atoms with Gasteiger partial charge in [-0.15, -0.1) is 0 Å². The molecule has 1 saturated heterocycles. The number of benzene rings is 1. The van der Waals surface area contributed by atoms with Gasteiger partial charge < -0.3 is 4.90 Å². The van der Waals surface area contributed by atoms with Crippen molar-refractivity contribution in [3.63, 3.8) is 0 Å². The Morgan fingerprint density at radius 3 is 2.83 bits per heavy atom. The Morgan fingerprint density at radius 1 is 1.17 bits per heavy atom. The van der Waals surface area contributed by atoms with Gasteiger partial charge in [-0.1, -0.05) is 30.3 Å². The smallest absolute Gasteiger partial charge is 0.254 e. The molecule has 1 aliphatic heterocycles. The van der Waals surface area contributed by atoms with Crippen molar-refractivity contribution in [1.29, 1.82) is 0 Å². The summed E-state index contributed by atoms with van der Waals surface area (Å²) < 4.78 is 1.55. The third-order valence-corrected chi connectivity index (χ3v) is 4.34. The van der Waals surface area contributed by atoms with E-state index in [1.165, 1.54) is 11.9 Å². The molecular weight excluding hydrogens is 302 g/mol. The summed E-state index contributed by atoms with van der Waals surface area (Å²) >= 11 is 0. The van der Waals surface area contributed by atoms with E-state index in [0.29, 0.717) is 11.4 Å². The van der Waals surface area contributed by atoms with Gasteiger partial charge in [-0.2, -0.15) is 5.10 Å². The lowest BCUT2D eigenvalue weighted by Crippen LogP contribution is -2.30. The molecule has 1 fully saturated rings. The molecule has 2 aromatic heterocycles. The first-order chi connectivity index (χ1) is 11.8. The summed E-state index contributed by atoms with van der Waals surface area (Å²) in [5.41, 5.74) is 1.81. The molecule has 1 aromatic carbocycles. The fourth-order valence-corrected chi connectivity index (χ4v) is 3.20. The number of hydrogen-bond acceptors (Lipinski definition) is 4. The second-order valence-corrected chi connectivity index (χ2v) is 5.81. The molecule has 24 heavy (non-hydrogen) atoms. The average Bonchev–Trinajstić information content (AvgIpc) is 3.34. The first-order valence-corrected chi connectivity index (χ1v) is 8.00. The molecule has 1 unspecified atom stereocenters. The maximum Gasteiger partial charge on any atom is 0.254 e. The van der Waals surface area contributed by atoms with E-state index in [0.717, 1.165) is 19.4 Å². The molecule has 6 nitrogen and oxygen atoms in total. The highest BCUT2D eigenvalue weighted by Crippen LogP contribution is 2.33. The van der Waals surface area contributed by atoms with E-state index in [-0.39, 0.29) is 11.9 Å². The lowest BCUT2D eigenvalue weighted by Gasteiger charge is -2.25. The summed E-state index contributed by atoms with van der Waals surface area (Å²) in [6.45, 7) is 0.777. The first-order valence-electron chi connectivity index (χ1n) is 8.00. The molecule has 0 N–H and O–H groups in total. The van der Waals surface area contributed by atoms with Crippen LogP contribution in [-0.4, -0.2) is 37.1 Å². The Balaban J connectivity index is 1.62. The van der Waals surface area contributed by atoms with Crippen LogP contribution in [0.4, 0.5) is 0 Å². The van der Waals surface area contributed by atoms with Gasteiger partial charge >= 0.3 is 0 Å². The molecule has 0 saturated carbocycles. The minimum Gasteiger partial charge on any atom is -0.332 e. The van der Waals surface area contributed by atoms with Crippen LogP contribution in [0.15, 0.2) is 61.3 Å². The van der Waals surface area contributed by atoms with Crippen LogP contribution in [0.3, 0.4) is 0 Å². The minimum atomic E-state index is 0.0325. The van der Waals surface area contributed by atoms with Crippen LogP contribution < -0.4 is 0 Å². The number of amides is 1.